The Hall–Kier alpha value is -3.33. The average molecular weight is 963 g/mol. The van der Waals surface area contributed by atoms with Crippen molar-refractivity contribution in [1.29, 1.82) is 0 Å². The van der Waals surface area contributed by atoms with Crippen LogP contribution in [-0.4, -0.2) is 86.8 Å². The van der Waals surface area contributed by atoms with Crippen LogP contribution in [0.2, 0.25) is 0 Å². The van der Waals surface area contributed by atoms with Gasteiger partial charge >= 0.3 is 17.9 Å². The van der Waals surface area contributed by atoms with Crippen molar-refractivity contribution in [3.63, 3.8) is 0 Å². The minimum atomic E-state index is -1.11. The number of carbonyl (C=O) groups is 5. The maximum atomic E-state index is 13.5. The molecule has 10 N–H and O–H groups in total. The molecule has 4 atom stereocenters. The number of amides is 2. The molecule has 0 spiro atoms. The van der Waals surface area contributed by atoms with E-state index in [2.05, 4.69) is 48.8 Å². The first-order chi connectivity index (χ1) is 33.1. The van der Waals surface area contributed by atoms with Gasteiger partial charge in [-0.05, 0) is 116 Å². The molecule has 0 heterocycles. The fourth-order valence-corrected chi connectivity index (χ4v) is 7.69. The quantitative estimate of drug-likeness (QED) is 0.0145. The van der Waals surface area contributed by atoms with Crippen LogP contribution in [0, 0.1) is 0 Å². The summed E-state index contributed by atoms with van der Waals surface area (Å²) in [7, 11) is 0. The van der Waals surface area contributed by atoms with E-state index < -0.39 is 48.0 Å². The standard InChI is InChI=1S/C54H102N6O8/c1-3-5-7-9-11-13-15-17-19-21-23-25-27-29-31-39-50(61)66-44-46(68-51(62)40-32-30-28-26-24-22-20-18-16-14-12-10-8-6-4-2)45-67-54(65)49(60-53(64)48(58)37-34-42-56)38-35-43-59-52(63)47(57)36-33-41-55/h17-20,46-49H,3-16,21-45,55-58H2,1-2H3,(H,59,63)(H,60,64)/b19-17-,20-18-/t46-,47?,48?,49?/m0/s1. The highest BCUT2D eigenvalue weighted by molar-refractivity contribution is 5.87. The van der Waals surface area contributed by atoms with E-state index in [1.54, 1.807) is 0 Å². The van der Waals surface area contributed by atoms with E-state index in [0.717, 1.165) is 77.0 Å². The maximum absolute atomic E-state index is 13.5. The minimum absolute atomic E-state index is 0.122. The van der Waals surface area contributed by atoms with Gasteiger partial charge in [-0.1, -0.05) is 141 Å². The lowest BCUT2D eigenvalue weighted by molar-refractivity contribution is -0.168. The molecule has 0 aromatic carbocycles. The first kappa shape index (κ1) is 64.7. The molecule has 0 aromatic rings. The summed E-state index contributed by atoms with van der Waals surface area (Å²) in [4.78, 5) is 64.7. The Labute approximate surface area is 413 Å². The van der Waals surface area contributed by atoms with Gasteiger partial charge in [0.2, 0.25) is 11.8 Å². The summed E-state index contributed by atoms with van der Waals surface area (Å²) in [6.07, 6.45) is 40.8. The van der Waals surface area contributed by atoms with Gasteiger partial charge < -0.3 is 47.8 Å². The van der Waals surface area contributed by atoms with E-state index in [9.17, 15) is 24.0 Å². The molecule has 396 valence electrons. The summed E-state index contributed by atoms with van der Waals surface area (Å²) in [5.41, 5.74) is 23.2. The second-order valence-corrected chi connectivity index (χ2v) is 18.7. The van der Waals surface area contributed by atoms with E-state index in [-0.39, 0.29) is 44.9 Å². The Morgan fingerprint density at radius 2 is 0.882 bits per heavy atom. The zero-order chi connectivity index (χ0) is 50.1. The number of esters is 3. The van der Waals surface area contributed by atoms with Crippen molar-refractivity contribution < 1.29 is 38.2 Å². The zero-order valence-electron chi connectivity index (χ0n) is 43.3. The normalized spacial score (nSPS) is 13.3. The molecule has 0 rings (SSSR count). The third-order valence-corrected chi connectivity index (χ3v) is 12.1. The lowest BCUT2D eigenvalue weighted by atomic mass is 10.1. The molecule has 0 aliphatic carbocycles. The van der Waals surface area contributed by atoms with Gasteiger partial charge in [0, 0.05) is 19.4 Å². The summed E-state index contributed by atoms with van der Waals surface area (Å²) < 4.78 is 16.9. The second kappa shape index (κ2) is 48.7. The van der Waals surface area contributed by atoms with Crippen molar-refractivity contribution in [3.05, 3.63) is 24.3 Å². The van der Waals surface area contributed by atoms with Crippen molar-refractivity contribution >= 4 is 29.7 Å². The number of unbranched alkanes of at least 4 members (excludes halogenated alkanes) is 22. The van der Waals surface area contributed by atoms with Crippen molar-refractivity contribution in [2.45, 2.75) is 256 Å². The van der Waals surface area contributed by atoms with Crippen LogP contribution >= 0.6 is 0 Å². The smallest absolute Gasteiger partial charge is 0.328 e. The van der Waals surface area contributed by atoms with Crippen molar-refractivity contribution in [3.8, 4) is 0 Å². The highest BCUT2D eigenvalue weighted by Gasteiger charge is 2.27. The summed E-state index contributed by atoms with van der Waals surface area (Å²) in [5, 5.41) is 5.44. The Kier molecular flexibility index (Phi) is 46.3. The Balaban J connectivity index is 5.17. The molecule has 0 aromatic heterocycles. The number of nitrogens with one attached hydrogen (secondary N) is 2. The van der Waals surface area contributed by atoms with Gasteiger partial charge in [-0.3, -0.25) is 19.2 Å². The molecule has 0 saturated carbocycles. The molecule has 2 amide bonds. The Bertz CT molecular complexity index is 1300. The lowest BCUT2D eigenvalue weighted by Crippen LogP contribution is -2.49. The Morgan fingerprint density at radius 3 is 1.35 bits per heavy atom. The van der Waals surface area contributed by atoms with Crippen LogP contribution < -0.4 is 33.6 Å². The number of hydrogen-bond donors (Lipinski definition) is 6. The van der Waals surface area contributed by atoms with Gasteiger partial charge in [0.1, 0.15) is 19.3 Å². The van der Waals surface area contributed by atoms with Crippen LogP contribution in [0.15, 0.2) is 24.3 Å². The summed E-state index contributed by atoms with van der Waals surface area (Å²) >= 11 is 0. The molecule has 0 fully saturated rings. The van der Waals surface area contributed by atoms with E-state index in [1.807, 2.05) is 0 Å². The number of nitrogens with two attached hydrogens (primary N) is 4. The van der Waals surface area contributed by atoms with Gasteiger partial charge in [-0.25, -0.2) is 4.79 Å². The summed E-state index contributed by atoms with van der Waals surface area (Å²) in [5.74, 6) is -2.51. The van der Waals surface area contributed by atoms with E-state index in [4.69, 9.17) is 37.1 Å². The summed E-state index contributed by atoms with van der Waals surface area (Å²) in [6.45, 7) is 4.83. The molecule has 0 aliphatic heterocycles. The van der Waals surface area contributed by atoms with Crippen molar-refractivity contribution in [1.82, 2.24) is 10.6 Å². The van der Waals surface area contributed by atoms with Gasteiger partial charge in [0.05, 0.1) is 12.1 Å². The molecular weight excluding hydrogens is 861 g/mol. The first-order valence-corrected chi connectivity index (χ1v) is 27.4. The zero-order valence-corrected chi connectivity index (χ0v) is 43.3. The van der Waals surface area contributed by atoms with E-state index >= 15 is 0 Å². The van der Waals surface area contributed by atoms with Gasteiger partial charge in [0.15, 0.2) is 6.10 Å². The average Bonchev–Trinajstić information content (AvgIpc) is 3.33. The molecule has 0 saturated heterocycles. The molecule has 14 heteroatoms. The van der Waals surface area contributed by atoms with Crippen LogP contribution in [0.3, 0.4) is 0 Å². The van der Waals surface area contributed by atoms with Gasteiger partial charge in [-0.2, -0.15) is 0 Å². The van der Waals surface area contributed by atoms with E-state index in [1.165, 1.54) is 77.0 Å². The minimum Gasteiger partial charge on any atom is -0.462 e. The van der Waals surface area contributed by atoms with Crippen LogP contribution in [0.25, 0.3) is 0 Å². The molecule has 3 unspecified atom stereocenters. The number of allylic oxidation sites excluding steroid dienone is 4. The SMILES string of the molecule is CCCCCCCC/C=C\CCCCCCCC(=O)OC[C@@H](COC(=O)C(CCCNC(=O)C(N)CCCN)NC(=O)C(N)CCCN)OC(=O)CCCCCCC/C=C\CCCCCCCC. The summed E-state index contributed by atoms with van der Waals surface area (Å²) in [6, 6.07) is -2.70. The van der Waals surface area contributed by atoms with Crippen LogP contribution in [0.5, 0.6) is 0 Å². The van der Waals surface area contributed by atoms with Crippen LogP contribution in [-0.2, 0) is 38.2 Å². The molecule has 14 nitrogen and oxygen atoms in total. The van der Waals surface area contributed by atoms with Crippen molar-refractivity contribution in [2.24, 2.45) is 22.9 Å². The highest BCUT2D eigenvalue weighted by atomic mass is 16.6. The molecule has 0 aliphatic rings. The molecule has 68 heavy (non-hydrogen) atoms. The molecule has 0 bridgehead atoms. The third-order valence-electron chi connectivity index (χ3n) is 12.1. The Morgan fingerprint density at radius 1 is 0.471 bits per heavy atom. The highest BCUT2D eigenvalue weighted by Crippen LogP contribution is 2.14. The number of rotatable bonds is 49. The van der Waals surface area contributed by atoms with Gasteiger partial charge in [-0.15, -0.1) is 0 Å². The number of hydrogen-bond acceptors (Lipinski definition) is 12. The third kappa shape index (κ3) is 41.6. The predicted molar refractivity (Wildman–Crippen MR) is 277 cm³/mol. The maximum Gasteiger partial charge on any atom is 0.328 e. The predicted octanol–water partition coefficient (Wildman–Crippen LogP) is 9.57. The molecular formula is C54H102N6O8. The van der Waals surface area contributed by atoms with Crippen LogP contribution in [0.4, 0.5) is 0 Å². The van der Waals surface area contributed by atoms with E-state index in [0.29, 0.717) is 58.0 Å². The first-order valence-electron chi connectivity index (χ1n) is 27.4. The second-order valence-electron chi connectivity index (χ2n) is 18.7. The fraction of sp³-hybridized carbons (Fsp3) is 0.833. The molecule has 0 radical (unpaired) electrons. The number of carbonyl (C=O) groups excluding carboxylic acids is 5. The van der Waals surface area contributed by atoms with Gasteiger partial charge in [0.25, 0.3) is 0 Å². The number of ether oxygens (including phenoxy) is 3. The topological polar surface area (TPSA) is 241 Å². The lowest BCUT2D eigenvalue weighted by Gasteiger charge is -2.22. The van der Waals surface area contributed by atoms with Crippen molar-refractivity contribution in [2.75, 3.05) is 32.8 Å². The fourth-order valence-electron chi connectivity index (χ4n) is 7.69. The van der Waals surface area contributed by atoms with Crippen LogP contribution in [0.1, 0.15) is 232 Å². The largest absolute Gasteiger partial charge is 0.462 e. The monoisotopic (exact) mass is 963 g/mol.